The van der Waals surface area contributed by atoms with Crippen molar-refractivity contribution in [3.63, 3.8) is 0 Å². The molecule has 2 heterocycles. The number of nitrogen functional groups attached to an aromatic ring is 1. The van der Waals surface area contributed by atoms with E-state index in [1.165, 1.54) is 0 Å². The molecular formula is C11H21N5. The van der Waals surface area contributed by atoms with Crippen molar-refractivity contribution in [3.8, 4) is 0 Å². The van der Waals surface area contributed by atoms with Crippen LogP contribution in [0.3, 0.4) is 0 Å². The van der Waals surface area contributed by atoms with Crippen molar-refractivity contribution in [2.45, 2.75) is 45.1 Å². The van der Waals surface area contributed by atoms with Crippen LogP contribution < -0.4 is 5.73 Å². The van der Waals surface area contributed by atoms with Crippen LogP contribution in [0.25, 0.3) is 0 Å². The molecule has 5 heteroatoms. The number of aromatic nitrogens is 3. The Kier molecular flexibility index (Phi) is 2.88. The molecule has 0 saturated carbocycles. The number of hydrogen-bond donors (Lipinski definition) is 2. The minimum absolute atomic E-state index is 0.269. The van der Waals surface area contributed by atoms with Gasteiger partial charge in [0, 0.05) is 11.5 Å². The number of nitrogens with zero attached hydrogens (tertiary/aromatic N) is 3. The predicted octanol–water partition coefficient (Wildman–Crippen LogP) is 1.36. The Hall–Kier alpha value is -1.10. The average molecular weight is 223 g/mol. The first-order valence-electron chi connectivity index (χ1n) is 5.89. The summed E-state index contributed by atoms with van der Waals surface area (Å²) in [6.07, 6.45) is 2.26. The van der Waals surface area contributed by atoms with E-state index in [0.717, 1.165) is 31.8 Å². The van der Waals surface area contributed by atoms with Gasteiger partial charge in [0.25, 0.3) is 0 Å². The van der Waals surface area contributed by atoms with Gasteiger partial charge >= 0.3 is 0 Å². The summed E-state index contributed by atoms with van der Waals surface area (Å²) in [5.74, 6) is 1.79. The zero-order valence-electron chi connectivity index (χ0n) is 10.3. The summed E-state index contributed by atoms with van der Waals surface area (Å²) in [7, 11) is 0. The molecule has 1 aromatic heterocycles. The quantitative estimate of drug-likeness (QED) is 0.754. The second kappa shape index (κ2) is 4.05. The summed E-state index contributed by atoms with van der Waals surface area (Å²) in [6.45, 7) is 9.03. The van der Waals surface area contributed by atoms with Crippen LogP contribution >= 0.6 is 0 Å². The van der Waals surface area contributed by atoms with Crippen molar-refractivity contribution < 1.29 is 0 Å². The van der Waals surface area contributed by atoms with Gasteiger partial charge in [-0.2, -0.15) is 4.98 Å². The van der Waals surface area contributed by atoms with E-state index in [-0.39, 0.29) is 5.54 Å². The van der Waals surface area contributed by atoms with E-state index in [1.54, 1.807) is 0 Å². The topological polar surface area (TPSA) is 70.8 Å². The Bertz CT molecular complexity index is 344. The minimum Gasteiger partial charge on any atom is -0.367 e. The highest BCUT2D eigenvalue weighted by atomic mass is 15.3. The SMILES string of the molecule is CC(C)(C)N1CCC(c2nc(N)n[nH]2)CC1. The van der Waals surface area contributed by atoms with E-state index in [0.29, 0.717) is 11.9 Å². The molecular weight excluding hydrogens is 202 g/mol. The van der Waals surface area contributed by atoms with Gasteiger partial charge in [0.15, 0.2) is 0 Å². The molecule has 0 unspecified atom stereocenters. The zero-order valence-corrected chi connectivity index (χ0v) is 10.3. The molecule has 0 bridgehead atoms. The van der Waals surface area contributed by atoms with Crippen LogP contribution in [0.4, 0.5) is 5.95 Å². The maximum atomic E-state index is 5.52. The fourth-order valence-electron chi connectivity index (χ4n) is 2.29. The molecule has 0 spiro atoms. The Morgan fingerprint density at radius 3 is 2.38 bits per heavy atom. The first-order valence-corrected chi connectivity index (χ1v) is 5.89. The number of aromatic amines is 1. The number of rotatable bonds is 1. The standard InChI is InChI=1S/C11H21N5/c1-11(2,3)16-6-4-8(5-7-16)9-13-10(12)15-14-9/h8H,4-7H2,1-3H3,(H3,12,13,14,15). The molecule has 0 radical (unpaired) electrons. The molecule has 1 aromatic rings. The molecule has 3 N–H and O–H groups in total. The van der Waals surface area contributed by atoms with Crippen LogP contribution in [0.15, 0.2) is 0 Å². The number of likely N-dealkylation sites (tertiary alicyclic amines) is 1. The first-order chi connectivity index (χ1) is 7.47. The lowest BCUT2D eigenvalue weighted by Crippen LogP contribution is -2.45. The Morgan fingerprint density at radius 1 is 1.31 bits per heavy atom. The lowest BCUT2D eigenvalue weighted by atomic mass is 9.92. The number of hydrogen-bond acceptors (Lipinski definition) is 4. The third-order valence-corrected chi connectivity index (χ3v) is 3.35. The summed E-state index contributed by atoms with van der Waals surface area (Å²) in [4.78, 5) is 6.73. The molecule has 16 heavy (non-hydrogen) atoms. The van der Waals surface area contributed by atoms with Gasteiger partial charge in [0.1, 0.15) is 5.82 Å². The van der Waals surface area contributed by atoms with E-state index in [2.05, 4.69) is 40.9 Å². The highest BCUT2D eigenvalue weighted by molar-refractivity contribution is 5.15. The Balaban J connectivity index is 1.95. The second-order valence-electron chi connectivity index (χ2n) is 5.51. The fraction of sp³-hybridized carbons (Fsp3) is 0.818. The molecule has 1 aliphatic heterocycles. The molecule has 2 rings (SSSR count). The molecule has 0 aliphatic carbocycles. The van der Waals surface area contributed by atoms with Crippen LogP contribution in [0.5, 0.6) is 0 Å². The third kappa shape index (κ3) is 2.35. The summed E-state index contributed by atoms with van der Waals surface area (Å²) in [5.41, 5.74) is 5.79. The maximum Gasteiger partial charge on any atom is 0.239 e. The Labute approximate surface area is 96.4 Å². The fourth-order valence-corrected chi connectivity index (χ4v) is 2.29. The van der Waals surface area contributed by atoms with E-state index < -0.39 is 0 Å². The summed E-state index contributed by atoms with van der Waals surface area (Å²) < 4.78 is 0. The molecule has 1 fully saturated rings. The summed E-state index contributed by atoms with van der Waals surface area (Å²) in [5, 5.41) is 6.81. The van der Waals surface area contributed by atoms with Crippen molar-refractivity contribution in [1.29, 1.82) is 0 Å². The highest BCUT2D eigenvalue weighted by Gasteiger charge is 2.28. The van der Waals surface area contributed by atoms with Gasteiger partial charge in [0.2, 0.25) is 5.95 Å². The van der Waals surface area contributed by atoms with Crippen molar-refractivity contribution in [3.05, 3.63) is 5.82 Å². The highest BCUT2D eigenvalue weighted by Crippen LogP contribution is 2.29. The molecule has 0 atom stereocenters. The maximum absolute atomic E-state index is 5.52. The van der Waals surface area contributed by atoms with Gasteiger partial charge in [-0.1, -0.05) is 0 Å². The lowest BCUT2D eigenvalue weighted by Gasteiger charge is -2.40. The summed E-state index contributed by atoms with van der Waals surface area (Å²) in [6, 6.07) is 0. The molecule has 90 valence electrons. The van der Waals surface area contributed by atoms with Gasteiger partial charge in [0.05, 0.1) is 0 Å². The van der Waals surface area contributed by atoms with Gasteiger partial charge < -0.3 is 5.73 Å². The number of H-pyrrole nitrogens is 1. The average Bonchev–Trinajstić information content (AvgIpc) is 2.64. The predicted molar refractivity (Wildman–Crippen MR) is 64.1 cm³/mol. The molecule has 0 amide bonds. The molecule has 0 aromatic carbocycles. The van der Waals surface area contributed by atoms with E-state index in [1.807, 2.05) is 0 Å². The molecule has 1 saturated heterocycles. The van der Waals surface area contributed by atoms with Crippen LogP contribution in [-0.2, 0) is 0 Å². The van der Waals surface area contributed by atoms with Gasteiger partial charge in [-0.3, -0.25) is 10.00 Å². The van der Waals surface area contributed by atoms with Crippen LogP contribution in [0.1, 0.15) is 45.4 Å². The smallest absolute Gasteiger partial charge is 0.239 e. The van der Waals surface area contributed by atoms with Crippen LogP contribution in [0.2, 0.25) is 0 Å². The van der Waals surface area contributed by atoms with Gasteiger partial charge in [-0.05, 0) is 46.7 Å². The monoisotopic (exact) mass is 223 g/mol. The third-order valence-electron chi connectivity index (χ3n) is 3.35. The van der Waals surface area contributed by atoms with Gasteiger partial charge in [-0.25, -0.2) is 0 Å². The first kappa shape index (κ1) is 11.4. The van der Waals surface area contributed by atoms with Crippen molar-refractivity contribution >= 4 is 5.95 Å². The second-order valence-corrected chi connectivity index (χ2v) is 5.51. The van der Waals surface area contributed by atoms with Crippen molar-refractivity contribution in [2.75, 3.05) is 18.8 Å². The van der Waals surface area contributed by atoms with E-state index in [4.69, 9.17) is 5.73 Å². The van der Waals surface area contributed by atoms with E-state index >= 15 is 0 Å². The van der Waals surface area contributed by atoms with E-state index in [9.17, 15) is 0 Å². The normalized spacial score (nSPS) is 20.2. The van der Waals surface area contributed by atoms with Crippen LogP contribution in [-0.4, -0.2) is 38.7 Å². The Morgan fingerprint density at radius 2 is 1.94 bits per heavy atom. The number of piperidine rings is 1. The number of anilines is 1. The number of nitrogens with one attached hydrogen (secondary N) is 1. The van der Waals surface area contributed by atoms with Crippen molar-refractivity contribution in [1.82, 2.24) is 20.1 Å². The van der Waals surface area contributed by atoms with Crippen molar-refractivity contribution in [2.24, 2.45) is 0 Å². The lowest BCUT2D eigenvalue weighted by molar-refractivity contribution is 0.101. The number of nitrogens with two attached hydrogens (primary N) is 1. The molecule has 5 nitrogen and oxygen atoms in total. The zero-order chi connectivity index (χ0) is 11.8. The largest absolute Gasteiger partial charge is 0.367 e. The summed E-state index contributed by atoms with van der Waals surface area (Å²) >= 11 is 0. The van der Waals surface area contributed by atoms with Gasteiger partial charge in [-0.15, -0.1) is 5.10 Å². The van der Waals surface area contributed by atoms with Crippen LogP contribution in [0, 0.1) is 0 Å². The molecule has 1 aliphatic rings. The minimum atomic E-state index is 0.269.